The number of hydrogen-bond donors (Lipinski definition) is 0. The maximum Gasteiger partial charge on any atom is 0.337 e. The number of anilines is 1. The second-order valence-corrected chi connectivity index (χ2v) is 3.79. The van der Waals surface area contributed by atoms with Crippen LogP contribution in [0.15, 0.2) is 24.3 Å². The van der Waals surface area contributed by atoms with Gasteiger partial charge in [-0.3, -0.25) is 4.79 Å². The summed E-state index contributed by atoms with van der Waals surface area (Å²) in [6.45, 7) is 0.560. The van der Waals surface area contributed by atoms with Crippen LogP contribution in [0.1, 0.15) is 16.8 Å². The van der Waals surface area contributed by atoms with Gasteiger partial charge >= 0.3 is 11.9 Å². The zero-order valence-electron chi connectivity index (χ0n) is 10.8. The Kier molecular flexibility index (Phi) is 5.17. The summed E-state index contributed by atoms with van der Waals surface area (Å²) in [5.41, 5.74) is 1.43. The first-order valence-corrected chi connectivity index (χ1v) is 5.54. The van der Waals surface area contributed by atoms with Gasteiger partial charge in [-0.15, -0.1) is 0 Å². The van der Waals surface area contributed by atoms with Crippen LogP contribution in [0.3, 0.4) is 0 Å². The number of nitrogens with zero attached hydrogens (tertiary/aromatic N) is 1. The van der Waals surface area contributed by atoms with Crippen molar-refractivity contribution in [3.63, 3.8) is 0 Å². The van der Waals surface area contributed by atoms with Crippen molar-refractivity contribution in [2.45, 2.75) is 6.42 Å². The number of hydrogen-bond acceptors (Lipinski definition) is 5. The van der Waals surface area contributed by atoms with Crippen LogP contribution in [-0.2, 0) is 14.3 Å². The Morgan fingerprint density at radius 2 is 1.72 bits per heavy atom. The maximum atomic E-state index is 11.3. The van der Waals surface area contributed by atoms with Gasteiger partial charge in [-0.1, -0.05) is 0 Å². The summed E-state index contributed by atoms with van der Waals surface area (Å²) in [6, 6.07) is 7.00. The van der Waals surface area contributed by atoms with Crippen molar-refractivity contribution in [3.05, 3.63) is 29.8 Å². The molecule has 18 heavy (non-hydrogen) atoms. The molecule has 0 heterocycles. The summed E-state index contributed by atoms with van der Waals surface area (Å²) in [4.78, 5) is 24.2. The second-order valence-electron chi connectivity index (χ2n) is 3.79. The molecule has 1 aromatic carbocycles. The number of esters is 2. The summed E-state index contributed by atoms with van der Waals surface area (Å²) >= 11 is 0. The maximum absolute atomic E-state index is 11.3. The average Bonchev–Trinajstić information content (AvgIpc) is 2.43. The third-order valence-electron chi connectivity index (χ3n) is 2.61. The Bertz CT molecular complexity index is 414. The highest BCUT2D eigenvalue weighted by atomic mass is 16.5. The third kappa shape index (κ3) is 3.76. The zero-order chi connectivity index (χ0) is 13.5. The molecule has 0 saturated carbocycles. The molecular formula is C13H17NO4. The third-order valence-corrected chi connectivity index (χ3v) is 2.61. The molecule has 0 saturated heterocycles. The Balaban J connectivity index is 2.61. The molecule has 5 nitrogen and oxygen atoms in total. The average molecular weight is 251 g/mol. The molecule has 1 aromatic rings. The fraction of sp³-hybridized carbons (Fsp3) is 0.385. The van der Waals surface area contributed by atoms with Crippen LogP contribution in [-0.4, -0.2) is 39.8 Å². The topological polar surface area (TPSA) is 55.8 Å². The van der Waals surface area contributed by atoms with Crippen LogP contribution in [0.5, 0.6) is 0 Å². The highest BCUT2D eigenvalue weighted by molar-refractivity contribution is 5.89. The van der Waals surface area contributed by atoms with Gasteiger partial charge < -0.3 is 14.4 Å². The predicted octanol–water partition coefficient (Wildman–Crippen LogP) is 1.47. The summed E-state index contributed by atoms with van der Waals surface area (Å²) in [6.07, 6.45) is 0.325. The van der Waals surface area contributed by atoms with E-state index in [0.29, 0.717) is 18.5 Å². The molecule has 0 fully saturated rings. The molecule has 0 amide bonds. The van der Waals surface area contributed by atoms with Crippen LogP contribution in [0.25, 0.3) is 0 Å². The SMILES string of the molecule is COC(=O)CCN(C)c1ccc(C(=O)OC)cc1. The standard InChI is InChI=1S/C13H17NO4/c1-14(9-8-12(15)17-2)11-6-4-10(5-7-11)13(16)18-3/h4-7H,8-9H2,1-3H3. The van der Waals surface area contributed by atoms with Gasteiger partial charge in [0.05, 0.1) is 26.2 Å². The lowest BCUT2D eigenvalue weighted by Gasteiger charge is -2.18. The number of benzene rings is 1. The lowest BCUT2D eigenvalue weighted by Crippen LogP contribution is -2.21. The van der Waals surface area contributed by atoms with Crippen LogP contribution in [0.4, 0.5) is 5.69 Å². The van der Waals surface area contributed by atoms with Crippen molar-refractivity contribution in [3.8, 4) is 0 Å². The van der Waals surface area contributed by atoms with E-state index in [0.717, 1.165) is 5.69 Å². The van der Waals surface area contributed by atoms with Gasteiger partial charge in [0.2, 0.25) is 0 Å². The number of carbonyl (C=O) groups excluding carboxylic acids is 2. The van der Waals surface area contributed by atoms with Crippen molar-refractivity contribution in [2.75, 3.05) is 32.7 Å². The first kappa shape index (κ1) is 14.0. The molecule has 0 N–H and O–H groups in total. The van der Waals surface area contributed by atoms with E-state index in [9.17, 15) is 9.59 Å². The van der Waals surface area contributed by atoms with Crippen molar-refractivity contribution in [1.29, 1.82) is 0 Å². The van der Waals surface area contributed by atoms with Crippen LogP contribution < -0.4 is 4.90 Å². The highest BCUT2D eigenvalue weighted by Crippen LogP contribution is 2.14. The van der Waals surface area contributed by atoms with E-state index >= 15 is 0 Å². The molecule has 0 bridgehead atoms. The smallest absolute Gasteiger partial charge is 0.337 e. The molecule has 5 heteroatoms. The van der Waals surface area contributed by atoms with Crippen molar-refractivity contribution < 1.29 is 19.1 Å². The summed E-state index contributed by atoms with van der Waals surface area (Å²) in [5.74, 6) is -0.605. The van der Waals surface area contributed by atoms with Crippen molar-refractivity contribution >= 4 is 17.6 Å². The largest absolute Gasteiger partial charge is 0.469 e. The van der Waals surface area contributed by atoms with E-state index in [1.54, 1.807) is 12.1 Å². The fourth-order valence-corrected chi connectivity index (χ4v) is 1.46. The van der Waals surface area contributed by atoms with Gasteiger partial charge in [-0.25, -0.2) is 4.79 Å². The Morgan fingerprint density at radius 3 is 2.22 bits per heavy atom. The minimum atomic E-state index is -0.362. The van der Waals surface area contributed by atoms with Crippen LogP contribution in [0, 0.1) is 0 Å². The molecule has 0 spiro atoms. The lowest BCUT2D eigenvalue weighted by molar-refractivity contribution is -0.140. The van der Waals surface area contributed by atoms with E-state index < -0.39 is 0 Å². The van der Waals surface area contributed by atoms with Gasteiger partial charge in [-0.2, -0.15) is 0 Å². The van der Waals surface area contributed by atoms with Crippen LogP contribution in [0.2, 0.25) is 0 Å². The lowest BCUT2D eigenvalue weighted by atomic mass is 10.2. The van der Waals surface area contributed by atoms with E-state index in [1.165, 1.54) is 14.2 Å². The highest BCUT2D eigenvalue weighted by Gasteiger charge is 2.08. The fourth-order valence-electron chi connectivity index (χ4n) is 1.46. The second kappa shape index (κ2) is 6.64. The van der Waals surface area contributed by atoms with Gasteiger partial charge in [0, 0.05) is 19.3 Å². The van der Waals surface area contributed by atoms with E-state index in [2.05, 4.69) is 9.47 Å². The molecule has 0 aliphatic heterocycles. The Morgan fingerprint density at radius 1 is 1.11 bits per heavy atom. The monoisotopic (exact) mass is 251 g/mol. The minimum Gasteiger partial charge on any atom is -0.469 e. The summed E-state index contributed by atoms with van der Waals surface area (Å²) in [7, 11) is 4.59. The van der Waals surface area contributed by atoms with Crippen LogP contribution >= 0.6 is 0 Å². The zero-order valence-corrected chi connectivity index (χ0v) is 10.8. The van der Waals surface area contributed by atoms with Gasteiger partial charge in [-0.05, 0) is 24.3 Å². The first-order valence-electron chi connectivity index (χ1n) is 5.54. The molecule has 0 aromatic heterocycles. The quantitative estimate of drug-likeness (QED) is 0.742. The van der Waals surface area contributed by atoms with Crippen molar-refractivity contribution in [2.24, 2.45) is 0 Å². The predicted molar refractivity (Wildman–Crippen MR) is 67.7 cm³/mol. The molecule has 0 aliphatic rings. The number of ether oxygens (including phenoxy) is 2. The molecule has 0 aliphatic carbocycles. The van der Waals surface area contributed by atoms with Gasteiger partial charge in [0.1, 0.15) is 0 Å². The minimum absolute atomic E-state index is 0.243. The molecular weight excluding hydrogens is 234 g/mol. The van der Waals surface area contributed by atoms with Gasteiger partial charge in [0.15, 0.2) is 0 Å². The molecule has 98 valence electrons. The van der Waals surface area contributed by atoms with Crippen molar-refractivity contribution in [1.82, 2.24) is 0 Å². The molecule has 0 radical (unpaired) electrons. The Labute approximate surface area is 106 Å². The summed E-state index contributed by atoms with van der Waals surface area (Å²) < 4.78 is 9.19. The number of rotatable bonds is 5. The van der Waals surface area contributed by atoms with E-state index in [1.807, 2.05) is 24.1 Å². The molecule has 0 atom stereocenters. The summed E-state index contributed by atoms with van der Waals surface area (Å²) in [5, 5.41) is 0. The van der Waals surface area contributed by atoms with E-state index in [4.69, 9.17) is 0 Å². The number of carbonyl (C=O) groups is 2. The van der Waals surface area contributed by atoms with E-state index in [-0.39, 0.29) is 11.9 Å². The molecule has 0 unspecified atom stereocenters. The number of methoxy groups -OCH3 is 2. The normalized spacial score (nSPS) is 9.72. The van der Waals surface area contributed by atoms with Gasteiger partial charge in [0.25, 0.3) is 0 Å². The Hall–Kier alpha value is -2.04. The molecule has 1 rings (SSSR count). The first-order chi connectivity index (χ1) is 8.58.